The summed E-state index contributed by atoms with van der Waals surface area (Å²) in [6.07, 6.45) is 0. The molecule has 0 atom stereocenters. The number of benzene rings is 2. The molecular formula is C18H16N2O4. The van der Waals surface area contributed by atoms with E-state index in [1.165, 1.54) is 7.11 Å². The zero-order chi connectivity index (χ0) is 17.3. The molecule has 0 saturated carbocycles. The number of ether oxygens (including phenoxy) is 2. The summed E-state index contributed by atoms with van der Waals surface area (Å²) < 4.78 is 10.5. The minimum atomic E-state index is -0.428. The lowest BCUT2D eigenvalue weighted by Gasteiger charge is -2.12. The quantitative estimate of drug-likeness (QED) is 0.640. The molecule has 0 aromatic heterocycles. The Hall–Kier alpha value is -3.15. The van der Waals surface area contributed by atoms with Crippen molar-refractivity contribution in [3.8, 4) is 11.5 Å². The third-order valence-electron chi connectivity index (χ3n) is 3.82. The number of nitrogens with zero attached hydrogens (tertiary/aromatic N) is 2. The highest BCUT2D eigenvalue weighted by Gasteiger charge is 2.35. The molecule has 1 aliphatic rings. The first kappa shape index (κ1) is 15.7. The van der Waals surface area contributed by atoms with Crippen LogP contribution in [0.5, 0.6) is 11.5 Å². The lowest BCUT2D eigenvalue weighted by Crippen LogP contribution is -2.25. The summed E-state index contributed by atoms with van der Waals surface area (Å²) in [7, 11) is 3.10. The fraction of sp³-hybridized carbons (Fsp3) is 0.167. The van der Waals surface area contributed by atoms with Crippen LogP contribution in [-0.4, -0.2) is 36.8 Å². The summed E-state index contributed by atoms with van der Waals surface area (Å²) in [6.45, 7) is 1.72. The Balaban J connectivity index is 1.98. The zero-order valence-electron chi connectivity index (χ0n) is 13.6. The Bertz CT molecular complexity index is 823. The van der Waals surface area contributed by atoms with Gasteiger partial charge in [-0.3, -0.25) is 9.59 Å². The first-order valence-electron chi connectivity index (χ1n) is 7.32. The predicted octanol–water partition coefficient (Wildman–Crippen LogP) is 2.72. The normalized spacial score (nSPS) is 14.0. The van der Waals surface area contributed by atoms with Crippen LogP contribution < -0.4 is 9.47 Å². The molecule has 3 rings (SSSR count). The van der Waals surface area contributed by atoms with Gasteiger partial charge in [0.15, 0.2) is 0 Å². The van der Waals surface area contributed by atoms with Crippen LogP contribution in [0.15, 0.2) is 47.6 Å². The van der Waals surface area contributed by atoms with Gasteiger partial charge >= 0.3 is 0 Å². The van der Waals surface area contributed by atoms with Gasteiger partial charge < -0.3 is 9.47 Å². The Kier molecular flexibility index (Phi) is 4.04. The molecule has 2 aromatic rings. The Morgan fingerprint density at radius 3 is 2.12 bits per heavy atom. The second-order valence-electron chi connectivity index (χ2n) is 5.22. The zero-order valence-corrected chi connectivity index (χ0v) is 13.6. The molecular weight excluding hydrogens is 308 g/mol. The van der Waals surface area contributed by atoms with Crippen LogP contribution in [-0.2, 0) is 0 Å². The molecule has 0 unspecified atom stereocenters. The van der Waals surface area contributed by atoms with Crippen molar-refractivity contribution in [3.05, 3.63) is 59.2 Å². The average molecular weight is 324 g/mol. The lowest BCUT2D eigenvalue weighted by molar-refractivity contribution is 0.0658. The molecule has 2 aromatic carbocycles. The lowest BCUT2D eigenvalue weighted by atomic mass is 10.1. The Morgan fingerprint density at radius 2 is 1.58 bits per heavy atom. The smallest absolute Gasteiger partial charge is 0.282 e. The summed E-state index contributed by atoms with van der Waals surface area (Å²) in [5, 5.41) is 5.11. The van der Waals surface area contributed by atoms with Gasteiger partial charge in [-0.25, -0.2) is 0 Å². The van der Waals surface area contributed by atoms with E-state index >= 15 is 0 Å². The van der Waals surface area contributed by atoms with Crippen molar-refractivity contribution < 1.29 is 19.1 Å². The van der Waals surface area contributed by atoms with Gasteiger partial charge in [-0.05, 0) is 31.2 Å². The molecule has 0 fully saturated rings. The summed E-state index contributed by atoms with van der Waals surface area (Å²) in [6, 6.07) is 11.9. The van der Waals surface area contributed by atoms with Crippen LogP contribution in [0.25, 0.3) is 0 Å². The molecule has 0 bridgehead atoms. The fourth-order valence-electron chi connectivity index (χ4n) is 2.57. The number of amides is 2. The number of hydrogen-bond donors (Lipinski definition) is 0. The van der Waals surface area contributed by atoms with E-state index in [9.17, 15) is 9.59 Å². The Labute approximate surface area is 139 Å². The van der Waals surface area contributed by atoms with Crippen molar-refractivity contribution in [3.63, 3.8) is 0 Å². The molecule has 6 heteroatoms. The number of hydrogen-bond acceptors (Lipinski definition) is 5. The summed E-state index contributed by atoms with van der Waals surface area (Å²) in [4.78, 5) is 24.8. The van der Waals surface area contributed by atoms with E-state index in [1.807, 2.05) is 0 Å². The number of carbonyl (C=O) groups excluding carboxylic acids is 2. The number of imide groups is 1. The van der Waals surface area contributed by atoms with Gasteiger partial charge in [0.05, 0.1) is 31.1 Å². The van der Waals surface area contributed by atoms with E-state index < -0.39 is 11.8 Å². The highest BCUT2D eigenvalue weighted by molar-refractivity contribution is 6.21. The standard InChI is InChI=1S/C18H16N2O4/c1-11(13-9-8-12(23-2)10-16(13)24-3)19-20-17(21)14-6-4-5-7-15(14)18(20)22/h4-10H,1-3H3/b19-11-. The Morgan fingerprint density at radius 1 is 0.958 bits per heavy atom. The van der Waals surface area contributed by atoms with Crippen molar-refractivity contribution in [2.45, 2.75) is 6.92 Å². The second-order valence-corrected chi connectivity index (χ2v) is 5.22. The van der Waals surface area contributed by atoms with Crippen molar-refractivity contribution in [2.75, 3.05) is 14.2 Å². The van der Waals surface area contributed by atoms with Crippen LogP contribution >= 0.6 is 0 Å². The molecule has 0 N–H and O–H groups in total. The van der Waals surface area contributed by atoms with Gasteiger partial charge in [0.25, 0.3) is 11.8 Å². The molecule has 0 aliphatic carbocycles. The van der Waals surface area contributed by atoms with E-state index in [1.54, 1.807) is 56.5 Å². The van der Waals surface area contributed by atoms with Crippen LogP contribution in [0.2, 0.25) is 0 Å². The van der Waals surface area contributed by atoms with Crippen molar-refractivity contribution in [1.29, 1.82) is 0 Å². The van der Waals surface area contributed by atoms with Gasteiger partial charge in [0.2, 0.25) is 0 Å². The van der Waals surface area contributed by atoms with E-state index in [0.717, 1.165) is 5.01 Å². The first-order valence-corrected chi connectivity index (χ1v) is 7.32. The maximum absolute atomic E-state index is 12.4. The van der Waals surface area contributed by atoms with E-state index in [-0.39, 0.29) is 0 Å². The molecule has 6 nitrogen and oxygen atoms in total. The van der Waals surface area contributed by atoms with E-state index in [4.69, 9.17) is 9.47 Å². The summed E-state index contributed by atoms with van der Waals surface area (Å²) in [5.74, 6) is 0.334. The number of rotatable bonds is 4. The van der Waals surface area contributed by atoms with E-state index in [0.29, 0.717) is 33.9 Å². The molecule has 2 amide bonds. The highest BCUT2D eigenvalue weighted by Crippen LogP contribution is 2.27. The van der Waals surface area contributed by atoms with Crippen molar-refractivity contribution in [1.82, 2.24) is 5.01 Å². The third-order valence-corrected chi connectivity index (χ3v) is 3.82. The highest BCUT2D eigenvalue weighted by atomic mass is 16.5. The molecule has 122 valence electrons. The average Bonchev–Trinajstić information content (AvgIpc) is 2.86. The topological polar surface area (TPSA) is 68.2 Å². The second kappa shape index (κ2) is 6.16. The van der Waals surface area contributed by atoms with Crippen LogP contribution in [0, 0.1) is 0 Å². The molecule has 1 heterocycles. The molecule has 0 saturated heterocycles. The van der Waals surface area contributed by atoms with Gasteiger partial charge in [-0.1, -0.05) is 12.1 Å². The maximum Gasteiger partial charge on any atom is 0.282 e. The molecule has 0 radical (unpaired) electrons. The SMILES string of the molecule is COc1ccc(/C(C)=N\N2C(=O)c3ccccc3C2=O)c(OC)c1. The van der Waals surface area contributed by atoms with Crippen LogP contribution in [0.3, 0.4) is 0 Å². The maximum atomic E-state index is 12.4. The van der Waals surface area contributed by atoms with Crippen LogP contribution in [0.4, 0.5) is 0 Å². The first-order chi connectivity index (χ1) is 11.6. The third kappa shape index (κ3) is 2.52. The molecule has 1 aliphatic heterocycles. The van der Waals surface area contributed by atoms with Gasteiger partial charge in [0.1, 0.15) is 11.5 Å². The van der Waals surface area contributed by atoms with Crippen molar-refractivity contribution in [2.24, 2.45) is 5.10 Å². The summed E-state index contributed by atoms with van der Waals surface area (Å²) in [5.41, 5.74) is 1.89. The summed E-state index contributed by atoms with van der Waals surface area (Å²) >= 11 is 0. The minimum absolute atomic E-state index is 0.362. The molecule has 0 spiro atoms. The number of hydrazone groups is 1. The number of fused-ring (bicyclic) bond motifs is 1. The number of carbonyl (C=O) groups is 2. The minimum Gasteiger partial charge on any atom is -0.497 e. The van der Waals surface area contributed by atoms with Gasteiger partial charge in [0, 0.05) is 11.6 Å². The van der Waals surface area contributed by atoms with Crippen LogP contribution in [0.1, 0.15) is 33.2 Å². The predicted molar refractivity (Wildman–Crippen MR) is 88.7 cm³/mol. The number of methoxy groups -OCH3 is 2. The fourth-order valence-corrected chi connectivity index (χ4v) is 2.57. The van der Waals surface area contributed by atoms with E-state index in [2.05, 4.69) is 5.10 Å². The largest absolute Gasteiger partial charge is 0.497 e. The monoisotopic (exact) mass is 324 g/mol. The van der Waals surface area contributed by atoms with Gasteiger partial charge in [-0.2, -0.15) is 10.1 Å². The van der Waals surface area contributed by atoms with Crippen molar-refractivity contribution >= 4 is 17.5 Å². The molecule has 24 heavy (non-hydrogen) atoms. The van der Waals surface area contributed by atoms with Gasteiger partial charge in [-0.15, -0.1) is 0 Å².